The third kappa shape index (κ3) is 3.67. The number of benzene rings is 1. The van der Waals surface area contributed by atoms with Gasteiger partial charge in [-0.1, -0.05) is 18.6 Å². The molecule has 0 unspecified atom stereocenters. The second kappa shape index (κ2) is 6.96. The first-order valence-electron chi connectivity index (χ1n) is 8.83. The number of rotatable bonds is 4. The summed E-state index contributed by atoms with van der Waals surface area (Å²) >= 11 is 0. The van der Waals surface area contributed by atoms with Crippen molar-refractivity contribution < 1.29 is 8.42 Å². The van der Waals surface area contributed by atoms with Gasteiger partial charge in [0, 0.05) is 40.8 Å². The molecule has 1 saturated carbocycles. The van der Waals surface area contributed by atoms with Crippen molar-refractivity contribution in [3.8, 4) is 0 Å². The van der Waals surface area contributed by atoms with Crippen LogP contribution in [0.15, 0.2) is 34.2 Å². The van der Waals surface area contributed by atoms with Crippen molar-refractivity contribution >= 4 is 16.0 Å². The first-order valence-corrected chi connectivity index (χ1v) is 10.3. The van der Waals surface area contributed by atoms with E-state index in [2.05, 4.69) is 15.2 Å². The van der Waals surface area contributed by atoms with Crippen LogP contribution >= 0.6 is 0 Å². The minimum Gasteiger partial charge on any atom is -0.352 e. The van der Waals surface area contributed by atoms with Gasteiger partial charge in [0.15, 0.2) is 5.96 Å². The van der Waals surface area contributed by atoms with Gasteiger partial charge in [-0.15, -0.1) is 0 Å². The van der Waals surface area contributed by atoms with Gasteiger partial charge in [-0.05, 0) is 42.4 Å². The lowest BCUT2D eigenvalue weighted by Gasteiger charge is -2.38. The van der Waals surface area contributed by atoms with Crippen molar-refractivity contribution in [2.75, 3.05) is 34.2 Å². The van der Waals surface area contributed by atoms with Gasteiger partial charge in [0.1, 0.15) is 0 Å². The van der Waals surface area contributed by atoms with Crippen LogP contribution in [0.5, 0.6) is 0 Å². The molecule has 1 aromatic carbocycles. The third-order valence-electron chi connectivity index (χ3n) is 5.52. The number of nitrogens with one attached hydrogen (secondary N) is 1. The molecular formula is C18H28N4O2S. The van der Waals surface area contributed by atoms with Crippen molar-refractivity contribution in [3.05, 3.63) is 29.8 Å². The highest BCUT2D eigenvalue weighted by Crippen LogP contribution is 2.47. The molecule has 0 amide bonds. The summed E-state index contributed by atoms with van der Waals surface area (Å²) in [5.41, 5.74) is 1.58. The van der Waals surface area contributed by atoms with Crippen LogP contribution in [0.1, 0.15) is 31.2 Å². The Morgan fingerprint density at radius 2 is 1.92 bits per heavy atom. The van der Waals surface area contributed by atoms with Gasteiger partial charge in [0.2, 0.25) is 10.0 Å². The van der Waals surface area contributed by atoms with E-state index in [0.717, 1.165) is 24.6 Å². The smallest absolute Gasteiger partial charge is 0.242 e. The Morgan fingerprint density at radius 3 is 2.40 bits per heavy atom. The summed E-state index contributed by atoms with van der Waals surface area (Å²) in [5, 5.41) is 3.41. The van der Waals surface area contributed by atoms with E-state index in [1.54, 1.807) is 26.2 Å². The molecule has 0 bridgehead atoms. The molecule has 1 spiro atoms. The average molecular weight is 365 g/mol. The van der Waals surface area contributed by atoms with Crippen LogP contribution in [0.25, 0.3) is 0 Å². The lowest BCUT2D eigenvalue weighted by molar-refractivity contribution is 0.151. The fraction of sp³-hybridized carbons (Fsp3) is 0.611. The molecular weight excluding hydrogens is 336 g/mol. The normalized spacial score (nSPS) is 20.2. The van der Waals surface area contributed by atoms with E-state index in [9.17, 15) is 8.42 Å². The Bertz CT molecular complexity index is 737. The maximum Gasteiger partial charge on any atom is 0.242 e. The number of hydrogen-bond donors (Lipinski definition) is 1. The molecule has 1 saturated heterocycles. The van der Waals surface area contributed by atoms with Crippen LogP contribution in [0.3, 0.4) is 0 Å². The van der Waals surface area contributed by atoms with Crippen LogP contribution in [0.4, 0.5) is 0 Å². The van der Waals surface area contributed by atoms with Crippen molar-refractivity contribution in [3.63, 3.8) is 0 Å². The molecule has 0 radical (unpaired) electrons. The van der Waals surface area contributed by atoms with E-state index in [4.69, 9.17) is 0 Å². The molecule has 6 nitrogen and oxygen atoms in total. The van der Waals surface area contributed by atoms with Gasteiger partial charge in [0.25, 0.3) is 0 Å². The molecule has 7 heteroatoms. The highest BCUT2D eigenvalue weighted by molar-refractivity contribution is 7.89. The molecule has 138 valence electrons. The van der Waals surface area contributed by atoms with E-state index >= 15 is 0 Å². The number of hydrogen-bond acceptors (Lipinski definition) is 3. The first-order chi connectivity index (χ1) is 11.9. The minimum atomic E-state index is -3.37. The van der Waals surface area contributed by atoms with E-state index in [0.29, 0.717) is 16.9 Å². The van der Waals surface area contributed by atoms with Gasteiger partial charge < -0.3 is 10.2 Å². The Balaban J connectivity index is 1.59. The van der Waals surface area contributed by atoms with Gasteiger partial charge in [-0.25, -0.2) is 12.7 Å². The maximum absolute atomic E-state index is 12.1. The van der Waals surface area contributed by atoms with E-state index in [1.807, 2.05) is 19.2 Å². The summed E-state index contributed by atoms with van der Waals surface area (Å²) in [6, 6.07) is 7.03. The van der Waals surface area contributed by atoms with Crippen LogP contribution in [-0.2, 0) is 16.6 Å². The number of nitrogens with zero attached hydrogens (tertiary/aromatic N) is 3. The maximum atomic E-state index is 12.1. The van der Waals surface area contributed by atoms with Crippen molar-refractivity contribution in [1.29, 1.82) is 0 Å². The molecule has 1 aliphatic heterocycles. The van der Waals surface area contributed by atoms with Gasteiger partial charge >= 0.3 is 0 Å². The molecule has 0 aromatic heterocycles. The topological polar surface area (TPSA) is 65.0 Å². The number of likely N-dealkylation sites (tertiary alicyclic amines) is 1. The van der Waals surface area contributed by atoms with Crippen molar-refractivity contribution in [2.24, 2.45) is 10.4 Å². The Morgan fingerprint density at radius 1 is 1.24 bits per heavy atom. The minimum absolute atomic E-state index is 0.317. The summed E-state index contributed by atoms with van der Waals surface area (Å²) in [5.74, 6) is 0.939. The zero-order valence-electron chi connectivity index (χ0n) is 15.3. The molecule has 1 N–H and O–H groups in total. The molecule has 2 aliphatic rings. The highest BCUT2D eigenvalue weighted by atomic mass is 32.2. The number of guanidine groups is 1. The predicted molar refractivity (Wildman–Crippen MR) is 100.0 cm³/mol. The fourth-order valence-electron chi connectivity index (χ4n) is 3.70. The Hall–Kier alpha value is -1.60. The molecule has 0 atom stereocenters. The Labute approximate surface area is 151 Å². The zero-order valence-corrected chi connectivity index (χ0v) is 16.1. The van der Waals surface area contributed by atoms with Crippen molar-refractivity contribution in [1.82, 2.24) is 14.5 Å². The summed E-state index contributed by atoms with van der Waals surface area (Å²) < 4.78 is 25.4. The average Bonchev–Trinajstić information content (AvgIpc) is 3.02. The van der Waals surface area contributed by atoms with Crippen LogP contribution in [0, 0.1) is 5.41 Å². The van der Waals surface area contributed by atoms with Gasteiger partial charge in [-0.3, -0.25) is 4.99 Å². The SMILES string of the molecule is CN=C(NCc1ccc(S(=O)(=O)N(C)C)cc1)N1CCC2(CCC2)C1. The second-order valence-corrected chi connectivity index (χ2v) is 9.51. The second-order valence-electron chi connectivity index (χ2n) is 7.36. The Kier molecular flexibility index (Phi) is 5.06. The van der Waals surface area contributed by atoms with Gasteiger partial charge in [-0.2, -0.15) is 0 Å². The standard InChI is InChI=1S/C18H28N4O2S/c1-19-17(22-12-11-18(14-22)9-4-10-18)20-13-15-5-7-16(8-6-15)25(23,24)21(2)3/h5-8H,4,9-14H2,1-3H3,(H,19,20). The lowest BCUT2D eigenvalue weighted by atomic mass is 9.68. The number of aliphatic imine (C=N–C) groups is 1. The highest BCUT2D eigenvalue weighted by Gasteiger charge is 2.43. The summed E-state index contributed by atoms with van der Waals surface area (Å²) in [6.45, 7) is 2.81. The van der Waals surface area contributed by atoms with Crippen LogP contribution < -0.4 is 5.32 Å². The molecule has 25 heavy (non-hydrogen) atoms. The molecule has 1 heterocycles. The monoisotopic (exact) mass is 364 g/mol. The molecule has 1 aliphatic carbocycles. The van der Waals surface area contributed by atoms with Crippen molar-refractivity contribution in [2.45, 2.75) is 37.1 Å². The summed E-state index contributed by atoms with van der Waals surface area (Å²) in [4.78, 5) is 7.09. The third-order valence-corrected chi connectivity index (χ3v) is 7.35. The summed E-state index contributed by atoms with van der Waals surface area (Å²) in [6.07, 6.45) is 5.33. The van der Waals surface area contributed by atoms with E-state index in [-0.39, 0.29) is 0 Å². The zero-order chi connectivity index (χ0) is 18.1. The number of sulfonamides is 1. The van der Waals surface area contributed by atoms with Crippen LogP contribution in [-0.4, -0.2) is 57.8 Å². The van der Waals surface area contributed by atoms with Gasteiger partial charge in [0.05, 0.1) is 4.90 Å². The van der Waals surface area contributed by atoms with E-state index < -0.39 is 10.0 Å². The summed E-state index contributed by atoms with van der Waals surface area (Å²) in [7, 11) is 1.53. The lowest BCUT2D eigenvalue weighted by Crippen LogP contribution is -2.42. The quantitative estimate of drug-likeness (QED) is 0.654. The first kappa shape index (κ1) is 18.2. The molecule has 2 fully saturated rings. The largest absolute Gasteiger partial charge is 0.352 e. The van der Waals surface area contributed by atoms with E-state index in [1.165, 1.54) is 30.0 Å². The molecule has 3 rings (SSSR count). The molecule has 1 aromatic rings. The fourth-order valence-corrected chi connectivity index (χ4v) is 4.61. The predicted octanol–water partition coefficient (Wildman–Crippen LogP) is 1.89. The van der Waals surface area contributed by atoms with Crippen LogP contribution in [0.2, 0.25) is 0 Å².